The van der Waals surface area contributed by atoms with Gasteiger partial charge in [-0.15, -0.1) is 0 Å². The lowest BCUT2D eigenvalue weighted by molar-refractivity contribution is 0.196. The predicted molar refractivity (Wildman–Crippen MR) is 75.3 cm³/mol. The van der Waals surface area contributed by atoms with E-state index in [1.807, 2.05) is 28.9 Å². The molecule has 0 unspecified atom stereocenters. The SMILES string of the molecule is CC(C)(CN1CCNCC1)c1nc2ccccn2n1. The van der Waals surface area contributed by atoms with Crippen molar-refractivity contribution in [2.24, 2.45) is 0 Å². The first-order valence-electron chi connectivity index (χ1n) is 6.90. The summed E-state index contributed by atoms with van der Waals surface area (Å²) in [7, 11) is 0. The Kier molecular flexibility index (Phi) is 3.24. The van der Waals surface area contributed by atoms with Crippen LogP contribution < -0.4 is 5.32 Å². The minimum atomic E-state index is -0.0244. The van der Waals surface area contributed by atoms with Gasteiger partial charge in [-0.3, -0.25) is 4.90 Å². The Morgan fingerprint density at radius 3 is 2.79 bits per heavy atom. The number of hydrogen-bond donors (Lipinski definition) is 1. The van der Waals surface area contributed by atoms with E-state index in [1.165, 1.54) is 0 Å². The summed E-state index contributed by atoms with van der Waals surface area (Å²) in [5.74, 6) is 0.928. The highest BCUT2D eigenvalue weighted by atomic mass is 15.3. The van der Waals surface area contributed by atoms with Crippen molar-refractivity contribution in [1.29, 1.82) is 0 Å². The van der Waals surface area contributed by atoms with Crippen LogP contribution >= 0.6 is 0 Å². The lowest BCUT2D eigenvalue weighted by atomic mass is 9.91. The Morgan fingerprint density at radius 2 is 2.05 bits per heavy atom. The van der Waals surface area contributed by atoms with Gasteiger partial charge < -0.3 is 5.32 Å². The number of hydrogen-bond acceptors (Lipinski definition) is 4. The molecule has 1 N–H and O–H groups in total. The number of fused-ring (bicyclic) bond motifs is 1. The molecule has 0 atom stereocenters. The number of nitrogens with one attached hydrogen (secondary N) is 1. The van der Waals surface area contributed by atoms with Crippen molar-refractivity contribution < 1.29 is 0 Å². The molecule has 2 aromatic rings. The molecule has 102 valence electrons. The highest BCUT2D eigenvalue weighted by molar-refractivity contribution is 5.37. The molecule has 0 aliphatic carbocycles. The molecule has 3 rings (SSSR count). The quantitative estimate of drug-likeness (QED) is 0.890. The van der Waals surface area contributed by atoms with Crippen molar-refractivity contribution in [1.82, 2.24) is 24.8 Å². The van der Waals surface area contributed by atoms with E-state index in [0.717, 1.165) is 44.2 Å². The van der Waals surface area contributed by atoms with E-state index in [1.54, 1.807) is 0 Å². The highest BCUT2D eigenvalue weighted by Gasteiger charge is 2.28. The summed E-state index contributed by atoms with van der Waals surface area (Å²) < 4.78 is 1.86. The molecule has 0 spiro atoms. The van der Waals surface area contributed by atoms with Gasteiger partial charge in [-0.25, -0.2) is 9.50 Å². The average molecular weight is 259 g/mol. The summed E-state index contributed by atoms with van der Waals surface area (Å²) >= 11 is 0. The fraction of sp³-hybridized carbons (Fsp3) is 0.571. The van der Waals surface area contributed by atoms with Crippen LogP contribution in [0.4, 0.5) is 0 Å². The van der Waals surface area contributed by atoms with Crippen molar-refractivity contribution in [3.8, 4) is 0 Å². The average Bonchev–Trinajstić information content (AvgIpc) is 2.84. The maximum atomic E-state index is 4.66. The lowest BCUT2D eigenvalue weighted by Crippen LogP contribution is -2.48. The van der Waals surface area contributed by atoms with Crippen molar-refractivity contribution >= 4 is 5.65 Å². The van der Waals surface area contributed by atoms with Crippen molar-refractivity contribution in [3.63, 3.8) is 0 Å². The van der Waals surface area contributed by atoms with E-state index in [4.69, 9.17) is 0 Å². The fourth-order valence-corrected chi connectivity index (χ4v) is 2.62. The molecule has 5 heteroatoms. The summed E-state index contributed by atoms with van der Waals surface area (Å²) in [6.07, 6.45) is 1.95. The smallest absolute Gasteiger partial charge is 0.158 e. The molecule has 5 nitrogen and oxygen atoms in total. The molecule has 0 aromatic carbocycles. The van der Waals surface area contributed by atoms with Gasteiger partial charge >= 0.3 is 0 Å². The maximum absolute atomic E-state index is 4.66. The van der Waals surface area contributed by atoms with Crippen molar-refractivity contribution in [2.75, 3.05) is 32.7 Å². The highest BCUT2D eigenvalue weighted by Crippen LogP contribution is 2.22. The summed E-state index contributed by atoms with van der Waals surface area (Å²) in [5.41, 5.74) is 0.898. The molecule has 2 aromatic heterocycles. The minimum absolute atomic E-state index is 0.0244. The van der Waals surface area contributed by atoms with Gasteiger partial charge in [0.05, 0.1) is 0 Å². The molecule has 0 radical (unpaired) electrons. The zero-order chi connectivity index (χ0) is 13.3. The molecule has 3 heterocycles. The van der Waals surface area contributed by atoms with E-state index >= 15 is 0 Å². The topological polar surface area (TPSA) is 45.5 Å². The zero-order valence-corrected chi connectivity index (χ0v) is 11.6. The zero-order valence-electron chi connectivity index (χ0n) is 11.6. The fourth-order valence-electron chi connectivity index (χ4n) is 2.62. The number of pyridine rings is 1. The second kappa shape index (κ2) is 4.90. The van der Waals surface area contributed by atoms with Gasteiger partial charge in [0.15, 0.2) is 11.5 Å². The third-order valence-electron chi connectivity index (χ3n) is 3.68. The molecule has 1 fully saturated rings. The second-order valence-corrected chi connectivity index (χ2v) is 5.85. The van der Waals surface area contributed by atoms with Gasteiger partial charge in [-0.1, -0.05) is 19.9 Å². The summed E-state index contributed by atoms with van der Waals surface area (Å²) in [6, 6.07) is 5.98. The van der Waals surface area contributed by atoms with Gasteiger partial charge in [-0.05, 0) is 12.1 Å². The third kappa shape index (κ3) is 2.62. The van der Waals surface area contributed by atoms with Crippen LogP contribution in [0.2, 0.25) is 0 Å². The van der Waals surface area contributed by atoms with Gasteiger partial charge in [-0.2, -0.15) is 5.10 Å². The van der Waals surface area contributed by atoms with Crippen LogP contribution in [-0.4, -0.2) is 52.2 Å². The van der Waals surface area contributed by atoms with Crippen LogP contribution in [0.5, 0.6) is 0 Å². The molecule has 0 amide bonds. The van der Waals surface area contributed by atoms with E-state index in [0.29, 0.717) is 0 Å². The predicted octanol–water partition coefficient (Wildman–Crippen LogP) is 0.912. The normalized spacial score (nSPS) is 18.0. The van der Waals surface area contributed by atoms with Gasteiger partial charge in [0, 0.05) is 44.3 Å². The number of nitrogens with zero attached hydrogens (tertiary/aromatic N) is 4. The van der Waals surface area contributed by atoms with Crippen molar-refractivity contribution in [2.45, 2.75) is 19.3 Å². The van der Waals surface area contributed by atoms with Crippen LogP contribution in [-0.2, 0) is 5.41 Å². The standard InChI is InChI=1S/C14H21N5/c1-14(2,11-18-9-6-15-7-10-18)13-16-12-5-3-4-8-19(12)17-13/h3-5,8,15H,6-7,9-11H2,1-2H3. The molecule has 1 aliphatic rings. The Balaban J connectivity index is 1.81. The molecular weight excluding hydrogens is 238 g/mol. The van der Waals surface area contributed by atoms with Crippen LogP contribution in [0.25, 0.3) is 5.65 Å². The first-order valence-corrected chi connectivity index (χ1v) is 6.90. The monoisotopic (exact) mass is 259 g/mol. The van der Waals surface area contributed by atoms with E-state index < -0.39 is 0 Å². The molecular formula is C14H21N5. The van der Waals surface area contributed by atoms with Gasteiger partial charge in [0.2, 0.25) is 0 Å². The maximum Gasteiger partial charge on any atom is 0.158 e. The molecule has 1 aliphatic heterocycles. The van der Waals surface area contributed by atoms with E-state index in [9.17, 15) is 0 Å². The van der Waals surface area contributed by atoms with E-state index in [-0.39, 0.29) is 5.41 Å². The Hall–Kier alpha value is -1.46. The number of aromatic nitrogens is 3. The van der Waals surface area contributed by atoms with Crippen LogP contribution in [0.3, 0.4) is 0 Å². The minimum Gasteiger partial charge on any atom is -0.314 e. The van der Waals surface area contributed by atoms with Crippen LogP contribution in [0.15, 0.2) is 24.4 Å². The summed E-state index contributed by atoms with van der Waals surface area (Å²) in [6.45, 7) is 9.83. The van der Waals surface area contributed by atoms with Crippen LogP contribution in [0, 0.1) is 0 Å². The van der Waals surface area contributed by atoms with E-state index in [2.05, 4.69) is 34.1 Å². The van der Waals surface area contributed by atoms with Gasteiger partial charge in [0.1, 0.15) is 0 Å². The Morgan fingerprint density at radius 1 is 1.26 bits per heavy atom. The molecule has 1 saturated heterocycles. The molecule has 0 bridgehead atoms. The third-order valence-corrected chi connectivity index (χ3v) is 3.68. The first-order chi connectivity index (χ1) is 9.15. The van der Waals surface area contributed by atoms with Gasteiger partial charge in [0.25, 0.3) is 0 Å². The Bertz CT molecular complexity index is 521. The Labute approximate surface area is 113 Å². The van der Waals surface area contributed by atoms with Crippen molar-refractivity contribution in [3.05, 3.63) is 30.2 Å². The summed E-state index contributed by atoms with van der Waals surface area (Å²) in [4.78, 5) is 7.15. The number of rotatable bonds is 3. The molecule has 0 saturated carbocycles. The first kappa shape index (κ1) is 12.6. The number of piperazine rings is 1. The molecule has 19 heavy (non-hydrogen) atoms. The largest absolute Gasteiger partial charge is 0.314 e. The lowest BCUT2D eigenvalue weighted by Gasteiger charge is -2.33. The van der Waals surface area contributed by atoms with Crippen LogP contribution in [0.1, 0.15) is 19.7 Å². The second-order valence-electron chi connectivity index (χ2n) is 5.85. The summed E-state index contributed by atoms with van der Waals surface area (Å²) in [5, 5.41) is 8.00.